The molecule has 2 fully saturated rings. The summed E-state index contributed by atoms with van der Waals surface area (Å²) < 4.78 is 5.48. The van der Waals surface area contributed by atoms with E-state index in [0.717, 1.165) is 12.3 Å². The highest BCUT2D eigenvalue weighted by atomic mass is 16.5. The van der Waals surface area contributed by atoms with Gasteiger partial charge in [0.1, 0.15) is 6.10 Å². The van der Waals surface area contributed by atoms with Crippen molar-refractivity contribution in [3.05, 3.63) is 0 Å². The Bertz CT molecular complexity index is 257. The van der Waals surface area contributed by atoms with Gasteiger partial charge in [-0.1, -0.05) is 26.7 Å². The molecule has 3 atom stereocenters. The van der Waals surface area contributed by atoms with E-state index in [2.05, 4.69) is 13.8 Å². The fourth-order valence-electron chi connectivity index (χ4n) is 3.74. The third kappa shape index (κ3) is 2.04. The molecule has 0 heterocycles. The van der Waals surface area contributed by atoms with Crippen molar-refractivity contribution in [2.24, 2.45) is 17.3 Å². The Labute approximate surface area is 92.4 Å². The molecule has 0 amide bonds. The van der Waals surface area contributed by atoms with Gasteiger partial charge in [-0.15, -0.1) is 0 Å². The molecule has 0 aromatic carbocycles. The lowest BCUT2D eigenvalue weighted by Gasteiger charge is -2.34. The van der Waals surface area contributed by atoms with E-state index in [0.29, 0.717) is 11.3 Å². The van der Waals surface area contributed by atoms with Crippen molar-refractivity contribution in [1.29, 1.82) is 0 Å². The minimum absolute atomic E-state index is 0.109. The van der Waals surface area contributed by atoms with Crippen LogP contribution in [0.5, 0.6) is 0 Å². The van der Waals surface area contributed by atoms with Crippen LogP contribution < -0.4 is 0 Å². The average molecular weight is 210 g/mol. The molecule has 15 heavy (non-hydrogen) atoms. The number of fused-ring (bicyclic) bond motifs is 1. The first-order valence-corrected chi connectivity index (χ1v) is 6.18. The van der Waals surface area contributed by atoms with E-state index in [1.54, 1.807) is 0 Å². The SMILES string of the molecule is CC(=O)OC1CC(C)(C)C2CCCCC12. The third-order valence-electron chi connectivity index (χ3n) is 4.35. The maximum absolute atomic E-state index is 11.1. The highest BCUT2D eigenvalue weighted by Crippen LogP contribution is 2.53. The van der Waals surface area contributed by atoms with Crippen LogP contribution in [-0.4, -0.2) is 12.1 Å². The van der Waals surface area contributed by atoms with Crippen LogP contribution in [0.15, 0.2) is 0 Å². The van der Waals surface area contributed by atoms with Crippen molar-refractivity contribution in [2.45, 2.75) is 59.0 Å². The van der Waals surface area contributed by atoms with Crippen LogP contribution in [0.25, 0.3) is 0 Å². The van der Waals surface area contributed by atoms with Crippen molar-refractivity contribution in [3.63, 3.8) is 0 Å². The Morgan fingerprint density at radius 3 is 2.60 bits per heavy atom. The van der Waals surface area contributed by atoms with E-state index < -0.39 is 0 Å². The summed E-state index contributed by atoms with van der Waals surface area (Å²) in [6.45, 7) is 6.20. The standard InChI is InChI=1S/C13H22O2/c1-9(14)15-12-8-13(2,3)11-7-5-4-6-10(11)12/h10-12H,4-8H2,1-3H3. The fraction of sp³-hybridized carbons (Fsp3) is 0.923. The van der Waals surface area contributed by atoms with E-state index in [9.17, 15) is 4.79 Å². The number of carbonyl (C=O) groups is 1. The number of hydrogen-bond acceptors (Lipinski definition) is 2. The van der Waals surface area contributed by atoms with E-state index in [-0.39, 0.29) is 12.1 Å². The second-order valence-electron chi connectivity index (χ2n) is 5.90. The highest BCUT2D eigenvalue weighted by Gasteiger charge is 2.49. The Hall–Kier alpha value is -0.530. The van der Waals surface area contributed by atoms with E-state index >= 15 is 0 Å². The summed E-state index contributed by atoms with van der Waals surface area (Å²) in [5.74, 6) is 1.30. The van der Waals surface area contributed by atoms with E-state index in [1.165, 1.54) is 32.6 Å². The van der Waals surface area contributed by atoms with Gasteiger partial charge >= 0.3 is 5.97 Å². The number of hydrogen-bond donors (Lipinski definition) is 0. The normalized spacial score (nSPS) is 38.5. The van der Waals surface area contributed by atoms with Crippen LogP contribution in [0.3, 0.4) is 0 Å². The van der Waals surface area contributed by atoms with Crippen molar-refractivity contribution >= 4 is 5.97 Å². The lowest BCUT2D eigenvalue weighted by molar-refractivity contribution is -0.148. The van der Waals surface area contributed by atoms with Gasteiger partial charge in [-0.3, -0.25) is 4.79 Å². The Morgan fingerprint density at radius 1 is 1.27 bits per heavy atom. The Kier molecular flexibility index (Phi) is 2.78. The van der Waals surface area contributed by atoms with E-state index in [1.807, 2.05) is 0 Å². The van der Waals surface area contributed by atoms with Crippen LogP contribution >= 0.6 is 0 Å². The van der Waals surface area contributed by atoms with Gasteiger partial charge in [-0.2, -0.15) is 0 Å². The highest BCUT2D eigenvalue weighted by molar-refractivity contribution is 5.66. The molecule has 2 saturated carbocycles. The van der Waals surface area contributed by atoms with Crippen LogP contribution in [0.4, 0.5) is 0 Å². The number of rotatable bonds is 1. The first-order chi connectivity index (χ1) is 7.00. The Morgan fingerprint density at radius 2 is 1.93 bits per heavy atom. The molecule has 0 spiro atoms. The van der Waals surface area contributed by atoms with Crippen LogP contribution in [-0.2, 0) is 9.53 Å². The lowest BCUT2D eigenvalue weighted by atomic mass is 9.71. The van der Waals surface area contributed by atoms with Crippen molar-refractivity contribution in [2.75, 3.05) is 0 Å². The smallest absolute Gasteiger partial charge is 0.302 e. The van der Waals surface area contributed by atoms with Crippen LogP contribution in [0, 0.1) is 17.3 Å². The van der Waals surface area contributed by atoms with Gasteiger partial charge in [0.15, 0.2) is 0 Å². The first kappa shape index (κ1) is 11.0. The monoisotopic (exact) mass is 210 g/mol. The summed E-state index contributed by atoms with van der Waals surface area (Å²) in [5, 5.41) is 0. The zero-order chi connectivity index (χ0) is 11.1. The molecule has 0 bridgehead atoms. The summed E-state index contributed by atoms with van der Waals surface area (Å²) in [6, 6.07) is 0. The molecule has 2 rings (SSSR count). The Balaban J connectivity index is 2.11. The molecule has 2 aliphatic carbocycles. The van der Waals surface area contributed by atoms with Crippen LogP contribution in [0.2, 0.25) is 0 Å². The van der Waals surface area contributed by atoms with E-state index in [4.69, 9.17) is 4.74 Å². The third-order valence-corrected chi connectivity index (χ3v) is 4.35. The second-order valence-corrected chi connectivity index (χ2v) is 5.90. The average Bonchev–Trinajstić information content (AvgIpc) is 2.39. The molecule has 0 N–H and O–H groups in total. The molecule has 0 aromatic rings. The summed E-state index contributed by atoms with van der Waals surface area (Å²) in [4.78, 5) is 11.1. The molecule has 0 aliphatic heterocycles. The van der Waals surface area contributed by atoms with Gasteiger partial charge in [-0.05, 0) is 36.5 Å². The first-order valence-electron chi connectivity index (χ1n) is 6.18. The molecule has 2 aliphatic rings. The molecule has 86 valence electrons. The molecule has 2 heteroatoms. The minimum Gasteiger partial charge on any atom is -0.462 e. The molecular weight excluding hydrogens is 188 g/mol. The summed E-state index contributed by atoms with van der Waals surface area (Å²) in [6.07, 6.45) is 6.51. The second kappa shape index (κ2) is 3.80. The quantitative estimate of drug-likeness (QED) is 0.621. The fourth-order valence-corrected chi connectivity index (χ4v) is 3.74. The number of esters is 1. The van der Waals surface area contributed by atoms with Crippen LogP contribution in [0.1, 0.15) is 52.9 Å². The molecule has 0 aromatic heterocycles. The van der Waals surface area contributed by atoms with Gasteiger partial charge in [0.25, 0.3) is 0 Å². The van der Waals surface area contributed by atoms with Gasteiger partial charge in [-0.25, -0.2) is 0 Å². The molecule has 0 saturated heterocycles. The maximum atomic E-state index is 11.1. The minimum atomic E-state index is -0.109. The summed E-state index contributed by atoms with van der Waals surface area (Å²) in [7, 11) is 0. The van der Waals surface area contributed by atoms with Gasteiger partial charge in [0.05, 0.1) is 0 Å². The molecule has 0 radical (unpaired) electrons. The lowest BCUT2D eigenvalue weighted by Crippen LogP contribution is -2.28. The van der Waals surface area contributed by atoms with Crippen molar-refractivity contribution < 1.29 is 9.53 Å². The zero-order valence-corrected chi connectivity index (χ0v) is 10.1. The largest absolute Gasteiger partial charge is 0.462 e. The molecule has 2 nitrogen and oxygen atoms in total. The maximum Gasteiger partial charge on any atom is 0.302 e. The summed E-state index contributed by atoms with van der Waals surface area (Å²) >= 11 is 0. The van der Waals surface area contributed by atoms with Crippen molar-refractivity contribution in [3.8, 4) is 0 Å². The predicted octanol–water partition coefficient (Wildman–Crippen LogP) is 3.15. The summed E-state index contributed by atoms with van der Waals surface area (Å²) in [5.41, 5.74) is 0.366. The number of ether oxygens (including phenoxy) is 1. The van der Waals surface area contributed by atoms with Gasteiger partial charge in [0, 0.05) is 6.92 Å². The zero-order valence-electron chi connectivity index (χ0n) is 10.1. The van der Waals surface area contributed by atoms with Gasteiger partial charge < -0.3 is 4.74 Å². The molecular formula is C13H22O2. The molecule has 3 unspecified atom stereocenters. The van der Waals surface area contributed by atoms with Crippen molar-refractivity contribution in [1.82, 2.24) is 0 Å². The topological polar surface area (TPSA) is 26.3 Å². The predicted molar refractivity (Wildman–Crippen MR) is 59.4 cm³/mol. The number of carbonyl (C=O) groups excluding carboxylic acids is 1. The van der Waals surface area contributed by atoms with Gasteiger partial charge in [0.2, 0.25) is 0 Å².